The highest BCUT2D eigenvalue weighted by Gasteiger charge is 2.24. The average Bonchev–Trinajstić information content (AvgIpc) is 2.75. The fraction of sp³-hybridized carbons (Fsp3) is 0.571. The highest BCUT2D eigenvalue weighted by atomic mass is 16.7. The maximum Gasteiger partial charge on any atom is 0.188 e. The minimum atomic E-state index is 0.00754. The number of hydrogen-bond acceptors (Lipinski definition) is 5. The second-order valence-electron chi connectivity index (χ2n) is 10.5. The van der Waals surface area contributed by atoms with Gasteiger partial charge in [0.1, 0.15) is 11.5 Å². The number of hydrogen-bond donors (Lipinski definition) is 0. The van der Waals surface area contributed by atoms with Crippen molar-refractivity contribution in [2.45, 2.75) is 72.1 Å². The van der Waals surface area contributed by atoms with Crippen LogP contribution in [0.25, 0.3) is 0 Å². The summed E-state index contributed by atoms with van der Waals surface area (Å²) in [5.41, 5.74) is 4.54. The molecule has 0 fully saturated rings. The van der Waals surface area contributed by atoms with E-state index < -0.39 is 0 Å². The van der Waals surface area contributed by atoms with Gasteiger partial charge in [-0.2, -0.15) is 0 Å². The SMILES string of the molecule is CCCCN(c1cc(C(C)(C)C)ccc1OCOC)c1cc(C(C)(C)C)ccc1OCOC. The fourth-order valence-corrected chi connectivity index (χ4v) is 3.57. The maximum atomic E-state index is 6.03. The summed E-state index contributed by atoms with van der Waals surface area (Å²) in [4.78, 5) is 2.32. The van der Waals surface area contributed by atoms with E-state index in [0.717, 1.165) is 42.3 Å². The van der Waals surface area contributed by atoms with Gasteiger partial charge in [0, 0.05) is 20.8 Å². The first-order chi connectivity index (χ1) is 15.5. The number of unbranched alkanes of at least 4 members (excludes halogenated alkanes) is 1. The molecule has 0 aliphatic rings. The Bertz CT molecular complexity index is 811. The summed E-state index contributed by atoms with van der Waals surface area (Å²) >= 11 is 0. The van der Waals surface area contributed by atoms with Crippen molar-refractivity contribution < 1.29 is 18.9 Å². The summed E-state index contributed by atoms with van der Waals surface area (Å²) < 4.78 is 22.5. The van der Waals surface area contributed by atoms with E-state index in [9.17, 15) is 0 Å². The van der Waals surface area contributed by atoms with Crippen molar-refractivity contribution in [3.63, 3.8) is 0 Å². The molecular weight excluding hydrogens is 414 g/mol. The molecule has 0 spiro atoms. The van der Waals surface area contributed by atoms with Gasteiger partial charge in [-0.3, -0.25) is 0 Å². The van der Waals surface area contributed by atoms with E-state index >= 15 is 0 Å². The molecule has 0 unspecified atom stereocenters. The second-order valence-corrected chi connectivity index (χ2v) is 10.5. The smallest absolute Gasteiger partial charge is 0.188 e. The molecule has 0 aromatic heterocycles. The topological polar surface area (TPSA) is 40.2 Å². The zero-order valence-electron chi connectivity index (χ0n) is 22.1. The van der Waals surface area contributed by atoms with Crippen LogP contribution in [0.3, 0.4) is 0 Å². The number of rotatable bonds is 11. The highest BCUT2D eigenvalue weighted by molar-refractivity contribution is 5.75. The van der Waals surface area contributed by atoms with Crippen LogP contribution >= 0.6 is 0 Å². The summed E-state index contributed by atoms with van der Waals surface area (Å²) in [6.07, 6.45) is 2.11. The van der Waals surface area contributed by atoms with E-state index in [1.54, 1.807) is 14.2 Å². The molecule has 0 amide bonds. The van der Waals surface area contributed by atoms with Gasteiger partial charge in [-0.15, -0.1) is 0 Å². The second kappa shape index (κ2) is 11.8. The number of anilines is 2. The van der Waals surface area contributed by atoms with Gasteiger partial charge < -0.3 is 23.8 Å². The largest absolute Gasteiger partial charge is 0.465 e. The van der Waals surface area contributed by atoms with Crippen LogP contribution in [0.15, 0.2) is 36.4 Å². The third kappa shape index (κ3) is 7.38. The van der Waals surface area contributed by atoms with Gasteiger partial charge in [-0.1, -0.05) is 67.0 Å². The van der Waals surface area contributed by atoms with Crippen molar-refractivity contribution in [2.24, 2.45) is 0 Å². The van der Waals surface area contributed by atoms with Crippen LogP contribution in [-0.2, 0) is 20.3 Å². The van der Waals surface area contributed by atoms with Gasteiger partial charge in [0.25, 0.3) is 0 Å². The Morgan fingerprint density at radius 1 is 0.697 bits per heavy atom. The van der Waals surface area contributed by atoms with E-state index in [1.165, 1.54) is 11.1 Å². The van der Waals surface area contributed by atoms with Crippen LogP contribution in [-0.4, -0.2) is 34.4 Å². The van der Waals surface area contributed by atoms with Gasteiger partial charge in [-0.05, 0) is 52.6 Å². The Labute approximate surface area is 201 Å². The van der Waals surface area contributed by atoms with E-state index in [4.69, 9.17) is 18.9 Å². The van der Waals surface area contributed by atoms with Gasteiger partial charge in [0.2, 0.25) is 0 Å². The molecule has 0 aliphatic heterocycles. The Hall–Kier alpha value is -2.24. The quantitative estimate of drug-likeness (QED) is 0.334. The first-order valence-corrected chi connectivity index (χ1v) is 11.8. The standard InChI is InChI=1S/C28H43NO4/c1-10-11-16-29(23-17-21(27(2,3)4)12-14-25(23)32-19-30-8)24-18-22(28(5,6)7)13-15-26(24)33-20-31-9/h12-15,17-18H,10-11,16,19-20H2,1-9H3. The molecule has 2 aromatic rings. The molecule has 2 aromatic carbocycles. The minimum Gasteiger partial charge on any atom is -0.465 e. The molecule has 184 valence electrons. The van der Waals surface area contributed by atoms with Crippen molar-refractivity contribution >= 4 is 11.4 Å². The third-order valence-corrected chi connectivity index (χ3v) is 5.63. The van der Waals surface area contributed by atoms with Crippen LogP contribution in [0.1, 0.15) is 72.4 Å². The predicted octanol–water partition coefficient (Wildman–Crippen LogP) is 7.19. The molecular formula is C28H43NO4. The lowest BCUT2D eigenvalue weighted by molar-refractivity contribution is 0.0510. The van der Waals surface area contributed by atoms with Gasteiger partial charge in [-0.25, -0.2) is 0 Å². The van der Waals surface area contributed by atoms with Crippen molar-refractivity contribution in [3.8, 4) is 11.5 Å². The van der Waals surface area contributed by atoms with Crippen LogP contribution in [0, 0.1) is 0 Å². The average molecular weight is 458 g/mol. The first-order valence-electron chi connectivity index (χ1n) is 11.8. The van der Waals surface area contributed by atoms with Crippen LogP contribution in [0.2, 0.25) is 0 Å². The molecule has 0 atom stereocenters. The van der Waals surface area contributed by atoms with Crippen molar-refractivity contribution in [1.82, 2.24) is 0 Å². The third-order valence-electron chi connectivity index (χ3n) is 5.63. The molecule has 0 N–H and O–H groups in total. The molecule has 0 bridgehead atoms. The van der Waals surface area contributed by atoms with Crippen molar-refractivity contribution in [3.05, 3.63) is 47.5 Å². The lowest BCUT2D eigenvalue weighted by Gasteiger charge is -2.32. The number of ether oxygens (including phenoxy) is 4. The lowest BCUT2D eigenvalue weighted by Crippen LogP contribution is -2.23. The molecule has 5 nitrogen and oxygen atoms in total. The summed E-state index contributed by atoms with van der Waals surface area (Å²) in [5.74, 6) is 1.58. The monoisotopic (exact) mass is 457 g/mol. The first kappa shape index (κ1) is 27.0. The summed E-state index contributed by atoms with van der Waals surface area (Å²) in [7, 11) is 3.28. The molecule has 0 aliphatic carbocycles. The Morgan fingerprint density at radius 2 is 1.12 bits per heavy atom. The molecule has 0 saturated heterocycles. The normalized spacial score (nSPS) is 12.0. The van der Waals surface area contributed by atoms with Crippen LogP contribution in [0.5, 0.6) is 11.5 Å². The van der Waals surface area contributed by atoms with Gasteiger partial charge in [0.15, 0.2) is 13.6 Å². The molecule has 2 rings (SSSR count). The van der Waals surface area contributed by atoms with E-state index in [0.29, 0.717) is 0 Å². The maximum absolute atomic E-state index is 6.03. The summed E-state index contributed by atoms with van der Waals surface area (Å²) in [5, 5.41) is 0. The zero-order chi connectivity index (χ0) is 24.6. The van der Waals surface area contributed by atoms with Gasteiger partial charge in [0.05, 0.1) is 11.4 Å². The molecule has 0 saturated carbocycles. The van der Waals surface area contributed by atoms with Crippen LogP contribution in [0.4, 0.5) is 11.4 Å². The van der Waals surface area contributed by atoms with Crippen molar-refractivity contribution in [2.75, 3.05) is 39.3 Å². The van der Waals surface area contributed by atoms with Crippen LogP contribution < -0.4 is 14.4 Å². The van der Waals surface area contributed by atoms with E-state index in [-0.39, 0.29) is 24.4 Å². The number of benzene rings is 2. The zero-order valence-corrected chi connectivity index (χ0v) is 22.1. The minimum absolute atomic E-state index is 0.00754. The molecule has 0 heterocycles. The number of nitrogens with zero attached hydrogens (tertiary/aromatic N) is 1. The molecule has 0 radical (unpaired) electrons. The van der Waals surface area contributed by atoms with Crippen molar-refractivity contribution in [1.29, 1.82) is 0 Å². The summed E-state index contributed by atoms with van der Waals surface area (Å²) in [6, 6.07) is 12.9. The summed E-state index contributed by atoms with van der Waals surface area (Å²) in [6.45, 7) is 16.8. The Kier molecular flexibility index (Phi) is 9.62. The molecule has 5 heteroatoms. The predicted molar refractivity (Wildman–Crippen MR) is 137 cm³/mol. The Morgan fingerprint density at radius 3 is 1.45 bits per heavy atom. The number of methoxy groups -OCH3 is 2. The Balaban J connectivity index is 2.75. The van der Waals surface area contributed by atoms with E-state index in [1.807, 2.05) is 0 Å². The fourth-order valence-electron chi connectivity index (χ4n) is 3.57. The lowest BCUT2D eigenvalue weighted by atomic mass is 9.86. The molecule has 33 heavy (non-hydrogen) atoms. The highest BCUT2D eigenvalue weighted by Crippen LogP contribution is 2.43. The van der Waals surface area contributed by atoms with E-state index in [2.05, 4.69) is 89.8 Å². The van der Waals surface area contributed by atoms with Gasteiger partial charge >= 0.3 is 0 Å².